The minimum absolute atomic E-state index is 0.0764. The van der Waals surface area contributed by atoms with Crippen LogP contribution in [-0.2, 0) is 14.4 Å². The van der Waals surface area contributed by atoms with E-state index < -0.39 is 11.9 Å². The molecular weight excluding hydrogens is 519 g/mol. The smallest absolute Gasteiger partial charge is 0.436 e. The molecule has 2 aliphatic heterocycles. The largest absolute Gasteiger partial charge is 0.490 e. The molecule has 1 atom stereocenters. The Bertz CT molecular complexity index is 1320. The van der Waals surface area contributed by atoms with E-state index >= 15 is 0 Å². The molecule has 202 valence electrons. The van der Waals surface area contributed by atoms with E-state index in [1.807, 2.05) is 17.6 Å². The number of ether oxygens (including phenoxy) is 1. The summed E-state index contributed by atoms with van der Waals surface area (Å²) >= 11 is 6.17. The van der Waals surface area contributed by atoms with Crippen molar-refractivity contribution in [1.29, 1.82) is 0 Å². The van der Waals surface area contributed by atoms with Gasteiger partial charge in [-0.15, -0.1) is 5.06 Å². The van der Waals surface area contributed by atoms with E-state index in [0.717, 1.165) is 42.6 Å². The molecule has 1 unspecified atom stereocenters. The monoisotopic (exact) mass is 546 g/mol. The van der Waals surface area contributed by atoms with Gasteiger partial charge < -0.3 is 29.5 Å². The van der Waals surface area contributed by atoms with Gasteiger partial charge in [0.15, 0.2) is 0 Å². The fourth-order valence-electron chi connectivity index (χ4n) is 4.34. The predicted molar refractivity (Wildman–Crippen MR) is 138 cm³/mol. The normalized spacial score (nSPS) is 17.2. The third-order valence-corrected chi connectivity index (χ3v) is 6.53. The number of fused-ring (bicyclic) bond motifs is 1. The molecule has 0 radical (unpaired) electrons. The van der Waals surface area contributed by atoms with Crippen LogP contribution in [-0.4, -0.2) is 76.4 Å². The second-order valence-electron chi connectivity index (χ2n) is 8.74. The van der Waals surface area contributed by atoms with Gasteiger partial charge in [-0.25, -0.2) is 18.8 Å². The lowest BCUT2D eigenvalue weighted by atomic mass is 10.2. The molecule has 1 aromatic heterocycles. The number of carbonyl (C=O) groups is 3. The van der Waals surface area contributed by atoms with E-state index in [-0.39, 0.29) is 24.5 Å². The number of hydroxylamine groups is 2. The Hall–Kier alpha value is -3.83. The zero-order valence-corrected chi connectivity index (χ0v) is 21.5. The highest BCUT2D eigenvalue weighted by molar-refractivity contribution is 6.31. The molecule has 2 fully saturated rings. The van der Waals surface area contributed by atoms with E-state index in [4.69, 9.17) is 26.3 Å². The van der Waals surface area contributed by atoms with Crippen molar-refractivity contribution in [3.63, 3.8) is 0 Å². The van der Waals surface area contributed by atoms with Gasteiger partial charge in [0.05, 0.1) is 17.8 Å². The van der Waals surface area contributed by atoms with Crippen LogP contribution >= 0.6 is 11.6 Å². The number of hydrogen-bond acceptors (Lipinski definition) is 6. The topological polar surface area (TPSA) is 113 Å². The number of halogens is 2. The van der Waals surface area contributed by atoms with Crippen LogP contribution in [0.2, 0.25) is 5.02 Å². The summed E-state index contributed by atoms with van der Waals surface area (Å²) in [7, 11) is 0. The second-order valence-corrected chi connectivity index (χ2v) is 9.18. The molecule has 0 bridgehead atoms. The maximum Gasteiger partial charge on any atom is 0.436 e. The molecule has 12 heteroatoms. The van der Waals surface area contributed by atoms with Crippen molar-refractivity contribution in [2.45, 2.75) is 25.8 Å². The molecule has 5 rings (SSSR count). The van der Waals surface area contributed by atoms with Crippen molar-refractivity contribution >= 4 is 40.5 Å². The summed E-state index contributed by atoms with van der Waals surface area (Å²) in [6, 6.07) is 11.3. The Kier molecular flexibility index (Phi) is 8.70. The average Bonchev–Trinajstić information content (AvgIpc) is 3.62. The molecule has 2 saturated heterocycles. The summed E-state index contributed by atoms with van der Waals surface area (Å²) in [5.74, 6) is -2.72. The molecule has 0 aliphatic carbocycles. The predicted octanol–water partition coefficient (Wildman–Crippen LogP) is 3.84. The number of carboxylic acid groups (broad SMARTS) is 1. The first kappa shape index (κ1) is 27.2. The number of amides is 2. The summed E-state index contributed by atoms with van der Waals surface area (Å²) < 4.78 is 21.2. The molecule has 2 aromatic carbocycles. The van der Waals surface area contributed by atoms with Gasteiger partial charge >= 0.3 is 18.0 Å². The number of likely N-dealkylation sites (N-methyl/N-ethyl adjacent to an activating group) is 1. The van der Waals surface area contributed by atoms with Crippen LogP contribution in [0.15, 0.2) is 48.7 Å². The van der Waals surface area contributed by atoms with Crippen LogP contribution < -0.4 is 10.1 Å². The molecule has 10 nitrogen and oxygen atoms in total. The molecular formula is C26H28ClFN4O6. The Morgan fingerprint density at radius 2 is 1.95 bits per heavy atom. The quantitative estimate of drug-likeness (QED) is 0.452. The molecule has 0 saturated carbocycles. The number of nitrogens with zero attached hydrogens (tertiary/aromatic N) is 3. The lowest BCUT2D eigenvalue weighted by molar-refractivity contribution is -0.202. The lowest BCUT2D eigenvalue weighted by Crippen LogP contribution is -2.38. The molecule has 0 spiro atoms. The molecule has 3 heterocycles. The van der Waals surface area contributed by atoms with Gasteiger partial charge in [-0.05, 0) is 62.2 Å². The van der Waals surface area contributed by atoms with E-state index in [1.54, 1.807) is 35.4 Å². The number of rotatable bonds is 6. The van der Waals surface area contributed by atoms with Gasteiger partial charge in [-0.1, -0.05) is 11.6 Å². The number of aliphatic carboxylic acids is 1. The van der Waals surface area contributed by atoms with E-state index in [0.29, 0.717) is 23.7 Å². The zero-order valence-electron chi connectivity index (χ0n) is 20.7. The first-order chi connectivity index (χ1) is 18.3. The number of hydrogen-bond donors (Lipinski definition) is 2. The number of carboxylic acids is 1. The number of urea groups is 1. The van der Waals surface area contributed by atoms with E-state index in [9.17, 15) is 18.8 Å². The molecule has 38 heavy (non-hydrogen) atoms. The third-order valence-electron chi connectivity index (χ3n) is 6.29. The van der Waals surface area contributed by atoms with Gasteiger partial charge in [0, 0.05) is 42.3 Å². The van der Waals surface area contributed by atoms with Gasteiger partial charge in [0.2, 0.25) is 0 Å². The fourth-order valence-corrected chi connectivity index (χ4v) is 4.51. The molecule has 2 N–H and O–H groups in total. The lowest BCUT2D eigenvalue weighted by Gasteiger charge is -2.22. The summed E-state index contributed by atoms with van der Waals surface area (Å²) in [5.41, 5.74) is 1.60. The standard InChI is InChI=1S/C21H18ClFN2O5.C5H10N2O/c22-13-3-8-18-17(10-13)19(11-24(18)15-6-4-14(23)5-7-15)29-12-16-2-1-9-25(16)30-21(28)20(26)27;1-2-7-4-3-6-5(7)8/h3-8,10-11,16H,1-2,9,12H2,(H,26,27);2-4H2,1H3,(H,6,8). The minimum Gasteiger partial charge on any atom is -0.490 e. The van der Waals surface area contributed by atoms with Crippen LogP contribution in [0.1, 0.15) is 19.8 Å². The van der Waals surface area contributed by atoms with E-state index in [2.05, 4.69) is 5.32 Å². The fraction of sp³-hybridized carbons (Fsp3) is 0.346. The van der Waals surface area contributed by atoms with Crippen LogP contribution in [0.5, 0.6) is 5.75 Å². The molecule has 3 aromatic rings. The van der Waals surface area contributed by atoms with Crippen LogP contribution in [0.4, 0.5) is 9.18 Å². The highest BCUT2D eigenvalue weighted by Crippen LogP contribution is 2.33. The van der Waals surface area contributed by atoms with Gasteiger partial charge in [-0.2, -0.15) is 0 Å². The molecule has 2 amide bonds. The Labute approximate surface area is 223 Å². The van der Waals surface area contributed by atoms with Crippen LogP contribution in [0.25, 0.3) is 16.6 Å². The third kappa shape index (κ3) is 6.35. The van der Waals surface area contributed by atoms with Crippen molar-refractivity contribution in [1.82, 2.24) is 19.8 Å². The van der Waals surface area contributed by atoms with Gasteiger partial charge in [-0.3, -0.25) is 0 Å². The van der Waals surface area contributed by atoms with Crippen LogP contribution in [0, 0.1) is 5.82 Å². The maximum atomic E-state index is 13.3. The van der Waals surface area contributed by atoms with Crippen molar-refractivity contribution in [3.8, 4) is 11.4 Å². The van der Waals surface area contributed by atoms with Crippen molar-refractivity contribution in [2.75, 3.05) is 32.8 Å². The Morgan fingerprint density at radius 3 is 2.58 bits per heavy atom. The zero-order chi connectivity index (χ0) is 27.2. The minimum atomic E-state index is -1.64. The average molecular weight is 547 g/mol. The first-order valence-corrected chi connectivity index (χ1v) is 12.6. The summed E-state index contributed by atoms with van der Waals surface area (Å²) in [6.07, 6.45) is 3.24. The van der Waals surface area contributed by atoms with Crippen molar-refractivity contribution < 1.29 is 33.5 Å². The number of carbonyl (C=O) groups excluding carboxylic acids is 2. The number of aromatic nitrogens is 1. The SMILES string of the molecule is CCN1CCNC1=O.O=C(O)C(=O)ON1CCCC1COc1cn(-c2ccc(F)cc2)c2ccc(Cl)cc12. The summed E-state index contributed by atoms with van der Waals surface area (Å²) in [5, 5.41) is 14.1. The number of nitrogens with one attached hydrogen (secondary N) is 1. The highest BCUT2D eigenvalue weighted by atomic mass is 35.5. The summed E-state index contributed by atoms with van der Waals surface area (Å²) in [6.45, 7) is 5.12. The van der Waals surface area contributed by atoms with Crippen LogP contribution in [0.3, 0.4) is 0 Å². The molecule has 2 aliphatic rings. The Balaban J connectivity index is 0.000000360. The van der Waals surface area contributed by atoms with Gasteiger partial charge in [0.1, 0.15) is 18.2 Å². The van der Waals surface area contributed by atoms with Crippen molar-refractivity contribution in [3.05, 3.63) is 59.5 Å². The Morgan fingerprint density at radius 1 is 1.18 bits per heavy atom. The van der Waals surface area contributed by atoms with E-state index in [1.165, 1.54) is 17.2 Å². The first-order valence-electron chi connectivity index (χ1n) is 12.2. The number of benzene rings is 2. The maximum absolute atomic E-state index is 13.3. The summed E-state index contributed by atoms with van der Waals surface area (Å²) in [4.78, 5) is 39.4. The highest BCUT2D eigenvalue weighted by Gasteiger charge is 2.31. The van der Waals surface area contributed by atoms with Crippen molar-refractivity contribution in [2.24, 2.45) is 0 Å². The second kappa shape index (κ2) is 12.1. The van der Waals surface area contributed by atoms with Gasteiger partial charge in [0.25, 0.3) is 0 Å².